The second-order valence-corrected chi connectivity index (χ2v) is 5.04. The van der Waals surface area contributed by atoms with Gasteiger partial charge in [-0.05, 0) is 24.6 Å². The third kappa shape index (κ3) is 1.93. The number of benzene rings is 1. The minimum atomic E-state index is -0.144. The smallest absolute Gasteiger partial charge is 0.240 e. The lowest BCUT2D eigenvalue weighted by Gasteiger charge is -2.17. The molecule has 3 nitrogen and oxygen atoms in total. The van der Waals surface area contributed by atoms with Crippen molar-refractivity contribution < 1.29 is 4.79 Å². The molecule has 1 unspecified atom stereocenters. The van der Waals surface area contributed by atoms with E-state index in [1.54, 1.807) is 23.1 Å². The fourth-order valence-electron chi connectivity index (χ4n) is 1.67. The largest absolute Gasteiger partial charge is 0.310 e. The van der Waals surface area contributed by atoms with Crippen LogP contribution in [0.1, 0.15) is 12.0 Å². The van der Waals surface area contributed by atoms with Crippen molar-refractivity contribution >= 4 is 39.1 Å². The molecule has 16 heavy (non-hydrogen) atoms. The maximum absolute atomic E-state index is 11.8. The van der Waals surface area contributed by atoms with E-state index in [4.69, 9.17) is 16.9 Å². The molecule has 0 bridgehead atoms. The first-order chi connectivity index (χ1) is 7.63. The van der Waals surface area contributed by atoms with E-state index in [2.05, 4.69) is 15.9 Å². The standard InChI is InChI=1S/C11H8BrClN2O/c12-8-3-4-15(11(8)16)10-5-7(6-14)1-2-9(10)13/h1-2,5,8H,3-4H2. The zero-order chi connectivity index (χ0) is 11.7. The summed E-state index contributed by atoms with van der Waals surface area (Å²) in [5, 5.41) is 9.30. The maximum atomic E-state index is 11.8. The van der Waals surface area contributed by atoms with Crippen molar-refractivity contribution in [1.82, 2.24) is 0 Å². The first kappa shape index (κ1) is 11.4. The summed E-state index contributed by atoms with van der Waals surface area (Å²) in [5.74, 6) is -0.00279. The number of nitriles is 1. The Morgan fingerprint density at radius 3 is 2.88 bits per heavy atom. The second-order valence-electron chi connectivity index (χ2n) is 3.52. The summed E-state index contributed by atoms with van der Waals surface area (Å²) in [5.41, 5.74) is 1.12. The SMILES string of the molecule is N#Cc1ccc(Cl)c(N2CCC(Br)C2=O)c1. The molecule has 0 aromatic heterocycles. The highest BCUT2D eigenvalue weighted by molar-refractivity contribution is 9.10. The Bertz CT molecular complexity index is 483. The lowest BCUT2D eigenvalue weighted by atomic mass is 10.2. The van der Waals surface area contributed by atoms with Crippen LogP contribution in [0.25, 0.3) is 0 Å². The maximum Gasteiger partial charge on any atom is 0.240 e. The molecule has 1 saturated heterocycles. The number of carbonyl (C=O) groups excluding carboxylic acids is 1. The zero-order valence-corrected chi connectivity index (χ0v) is 10.6. The van der Waals surface area contributed by atoms with Crippen molar-refractivity contribution in [3.63, 3.8) is 0 Å². The highest BCUT2D eigenvalue weighted by Crippen LogP contribution is 2.31. The number of hydrogen-bond acceptors (Lipinski definition) is 2. The van der Waals surface area contributed by atoms with Crippen LogP contribution in [0.5, 0.6) is 0 Å². The minimum Gasteiger partial charge on any atom is -0.310 e. The summed E-state index contributed by atoms with van der Waals surface area (Å²) in [7, 11) is 0. The van der Waals surface area contributed by atoms with Gasteiger partial charge in [0, 0.05) is 6.54 Å². The van der Waals surface area contributed by atoms with E-state index in [1.165, 1.54) is 0 Å². The molecule has 0 N–H and O–H groups in total. The van der Waals surface area contributed by atoms with Gasteiger partial charge < -0.3 is 4.90 Å². The second kappa shape index (κ2) is 4.44. The summed E-state index contributed by atoms with van der Waals surface area (Å²) >= 11 is 9.33. The lowest BCUT2D eigenvalue weighted by Crippen LogP contribution is -2.27. The first-order valence-electron chi connectivity index (χ1n) is 4.78. The molecular weight excluding hydrogens is 291 g/mol. The summed E-state index contributed by atoms with van der Waals surface area (Å²) < 4.78 is 0. The van der Waals surface area contributed by atoms with Crippen molar-refractivity contribution in [1.29, 1.82) is 5.26 Å². The number of alkyl halides is 1. The Morgan fingerprint density at radius 1 is 1.56 bits per heavy atom. The van der Waals surface area contributed by atoms with Gasteiger partial charge in [-0.2, -0.15) is 5.26 Å². The van der Waals surface area contributed by atoms with E-state index >= 15 is 0 Å². The number of carbonyl (C=O) groups is 1. The molecule has 1 aromatic rings. The van der Waals surface area contributed by atoms with Crippen LogP contribution in [0.4, 0.5) is 5.69 Å². The third-order valence-corrected chi connectivity index (χ3v) is 3.68. The van der Waals surface area contributed by atoms with Gasteiger partial charge in [0.2, 0.25) is 5.91 Å². The molecule has 82 valence electrons. The van der Waals surface area contributed by atoms with Gasteiger partial charge >= 0.3 is 0 Å². The molecule has 1 amide bonds. The van der Waals surface area contributed by atoms with Crippen LogP contribution in [0.2, 0.25) is 5.02 Å². The molecule has 1 aromatic carbocycles. The number of rotatable bonds is 1. The molecule has 1 fully saturated rings. The van der Waals surface area contributed by atoms with Crippen molar-refractivity contribution in [3.05, 3.63) is 28.8 Å². The summed E-state index contributed by atoms with van der Waals surface area (Å²) in [6.07, 6.45) is 0.756. The van der Waals surface area contributed by atoms with Gasteiger partial charge in [-0.3, -0.25) is 4.79 Å². The molecule has 0 aliphatic carbocycles. The molecule has 1 aliphatic heterocycles. The number of nitrogens with zero attached hydrogens (tertiary/aromatic N) is 2. The Hall–Kier alpha value is -1.05. The predicted octanol–water partition coefficient (Wildman–Crippen LogP) is 2.71. The van der Waals surface area contributed by atoms with E-state index in [-0.39, 0.29) is 10.7 Å². The minimum absolute atomic E-state index is 0.00279. The first-order valence-corrected chi connectivity index (χ1v) is 6.08. The number of anilines is 1. The topological polar surface area (TPSA) is 44.1 Å². The molecule has 0 radical (unpaired) electrons. The van der Waals surface area contributed by atoms with E-state index in [0.29, 0.717) is 22.8 Å². The highest BCUT2D eigenvalue weighted by atomic mass is 79.9. The normalized spacial score (nSPS) is 19.9. The molecule has 1 aliphatic rings. The van der Waals surface area contributed by atoms with Gasteiger partial charge in [0.15, 0.2) is 0 Å². The highest BCUT2D eigenvalue weighted by Gasteiger charge is 2.31. The van der Waals surface area contributed by atoms with Crippen molar-refractivity contribution in [3.8, 4) is 6.07 Å². The third-order valence-electron chi connectivity index (χ3n) is 2.51. The fourth-order valence-corrected chi connectivity index (χ4v) is 2.34. The van der Waals surface area contributed by atoms with Crippen molar-refractivity contribution in [2.75, 3.05) is 11.4 Å². The van der Waals surface area contributed by atoms with Gasteiger partial charge in [0.05, 0.1) is 27.2 Å². The molecule has 2 rings (SSSR count). The van der Waals surface area contributed by atoms with Crippen LogP contribution < -0.4 is 4.90 Å². The van der Waals surface area contributed by atoms with E-state index in [0.717, 1.165) is 6.42 Å². The van der Waals surface area contributed by atoms with Crippen LogP contribution in [-0.4, -0.2) is 17.3 Å². The molecular formula is C11H8BrClN2O. The average Bonchev–Trinajstić information content (AvgIpc) is 2.61. The molecule has 1 atom stereocenters. The Balaban J connectivity index is 2.41. The number of halogens is 2. The summed E-state index contributed by atoms with van der Waals surface area (Å²) in [6.45, 7) is 0.628. The van der Waals surface area contributed by atoms with Gasteiger partial charge in [0.1, 0.15) is 0 Å². The zero-order valence-electron chi connectivity index (χ0n) is 8.28. The quantitative estimate of drug-likeness (QED) is 0.748. The lowest BCUT2D eigenvalue weighted by molar-refractivity contribution is -0.116. The average molecular weight is 300 g/mol. The molecule has 1 heterocycles. The van der Waals surface area contributed by atoms with Crippen LogP contribution in [0.15, 0.2) is 18.2 Å². The van der Waals surface area contributed by atoms with Crippen LogP contribution in [0, 0.1) is 11.3 Å². The Morgan fingerprint density at radius 2 is 2.31 bits per heavy atom. The van der Waals surface area contributed by atoms with Crippen LogP contribution in [-0.2, 0) is 4.79 Å². The van der Waals surface area contributed by atoms with Gasteiger partial charge in [-0.15, -0.1) is 0 Å². The van der Waals surface area contributed by atoms with Gasteiger partial charge in [0.25, 0.3) is 0 Å². The van der Waals surface area contributed by atoms with E-state index in [9.17, 15) is 4.79 Å². The van der Waals surface area contributed by atoms with Crippen LogP contribution >= 0.6 is 27.5 Å². The summed E-state index contributed by atoms with van der Waals surface area (Å²) in [6, 6.07) is 6.96. The predicted molar refractivity (Wildman–Crippen MR) is 65.9 cm³/mol. The number of amides is 1. The molecule has 0 saturated carbocycles. The molecule has 5 heteroatoms. The molecule has 0 spiro atoms. The number of hydrogen-bond donors (Lipinski definition) is 0. The van der Waals surface area contributed by atoms with E-state index < -0.39 is 0 Å². The van der Waals surface area contributed by atoms with Crippen molar-refractivity contribution in [2.45, 2.75) is 11.2 Å². The van der Waals surface area contributed by atoms with E-state index in [1.807, 2.05) is 6.07 Å². The Labute approximate surface area is 107 Å². The van der Waals surface area contributed by atoms with Gasteiger partial charge in [-0.25, -0.2) is 0 Å². The fraction of sp³-hybridized carbons (Fsp3) is 0.273. The van der Waals surface area contributed by atoms with Gasteiger partial charge in [-0.1, -0.05) is 27.5 Å². The van der Waals surface area contributed by atoms with Crippen LogP contribution in [0.3, 0.4) is 0 Å². The van der Waals surface area contributed by atoms with Crippen molar-refractivity contribution in [2.24, 2.45) is 0 Å². The Kier molecular flexibility index (Phi) is 3.17. The monoisotopic (exact) mass is 298 g/mol. The summed E-state index contributed by atoms with van der Waals surface area (Å²) in [4.78, 5) is 13.3.